The van der Waals surface area contributed by atoms with Crippen LogP contribution in [0.1, 0.15) is 36.1 Å². The van der Waals surface area contributed by atoms with Crippen LogP contribution in [0.5, 0.6) is 11.5 Å². The van der Waals surface area contributed by atoms with Crippen molar-refractivity contribution in [1.82, 2.24) is 25.0 Å². The molecule has 9 heteroatoms. The molecule has 2 aromatic carbocycles. The summed E-state index contributed by atoms with van der Waals surface area (Å²) in [6.07, 6.45) is 1.90. The second kappa shape index (κ2) is 8.93. The Morgan fingerprint density at radius 3 is 2.74 bits per heavy atom. The lowest BCUT2D eigenvalue weighted by Crippen LogP contribution is -2.25. The lowest BCUT2D eigenvalue weighted by Gasteiger charge is -2.24. The standard InChI is InChI=1S/C25H24N6O3/c1-4-34-20-11-10-17(12-21(20)33-3)18-13-22(32)28-24-23(18)15(2)30-31(24)25-27-19(14-26-29-25)16-8-6-5-7-9-16/h5-12,14,18H,4,13H2,1-3H3,(H,28,32)/t18-/m1/s1. The highest BCUT2D eigenvalue weighted by Gasteiger charge is 2.33. The summed E-state index contributed by atoms with van der Waals surface area (Å²) >= 11 is 0. The first-order valence-electron chi connectivity index (χ1n) is 11.0. The maximum Gasteiger partial charge on any atom is 0.272 e. The molecule has 1 aliphatic heterocycles. The second-order valence-corrected chi connectivity index (χ2v) is 7.92. The van der Waals surface area contributed by atoms with Gasteiger partial charge in [0.1, 0.15) is 5.82 Å². The molecule has 0 fully saturated rings. The fraction of sp³-hybridized carbons (Fsp3) is 0.240. The summed E-state index contributed by atoms with van der Waals surface area (Å²) in [7, 11) is 1.61. The number of amides is 1. The molecule has 1 amide bonds. The van der Waals surface area contributed by atoms with Crippen LogP contribution >= 0.6 is 0 Å². The number of rotatable bonds is 6. The van der Waals surface area contributed by atoms with Crippen molar-refractivity contribution in [1.29, 1.82) is 0 Å². The summed E-state index contributed by atoms with van der Waals surface area (Å²) in [5.41, 5.74) is 4.22. The number of carbonyl (C=O) groups is 1. The largest absolute Gasteiger partial charge is 0.493 e. The Bertz CT molecular complexity index is 1350. The monoisotopic (exact) mass is 456 g/mol. The van der Waals surface area contributed by atoms with Crippen LogP contribution in [-0.2, 0) is 4.79 Å². The number of aromatic nitrogens is 5. The third-order valence-corrected chi connectivity index (χ3v) is 5.80. The molecule has 1 atom stereocenters. The highest BCUT2D eigenvalue weighted by Crippen LogP contribution is 2.42. The van der Waals surface area contributed by atoms with Crippen molar-refractivity contribution in [3.63, 3.8) is 0 Å². The van der Waals surface area contributed by atoms with Gasteiger partial charge in [0.05, 0.1) is 31.3 Å². The normalized spacial score (nSPS) is 14.9. The van der Waals surface area contributed by atoms with Gasteiger partial charge in [-0.1, -0.05) is 36.4 Å². The van der Waals surface area contributed by atoms with Crippen LogP contribution in [0.25, 0.3) is 17.2 Å². The number of nitrogens with zero attached hydrogens (tertiary/aromatic N) is 5. The molecule has 0 saturated heterocycles. The Balaban J connectivity index is 1.59. The van der Waals surface area contributed by atoms with Crippen molar-refractivity contribution in [3.8, 4) is 28.7 Å². The van der Waals surface area contributed by atoms with Gasteiger partial charge in [0.2, 0.25) is 5.91 Å². The SMILES string of the molecule is CCOc1ccc([C@H]2CC(=O)Nc3c2c(C)nn3-c2nncc(-c3ccccc3)n2)cc1OC. The van der Waals surface area contributed by atoms with E-state index < -0.39 is 0 Å². The molecule has 0 spiro atoms. The minimum Gasteiger partial charge on any atom is -0.493 e. The summed E-state index contributed by atoms with van der Waals surface area (Å²) in [4.78, 5) is 17.4. The Labute approximate surface area is 196 Å². The molecule has 2 aromatic heterocycles. The van der Waals surface area contributed by atoms with Gasteiger partial charge in [-0.2, -0.15) is 14.9 Å². The van der Waals surface area contributed by atoms with Gasteiger partial charge in [-0.3, -0.25) is 4.79 Å². The van der Waals surface area contributed by atoms with Crippen LogP contribution in [-0.4, -0.2) is 44.6 Å². The zero-order valence-electron chi connectivity index (χ0n) is 19.1. The maximum absolute atomic E-state index is 12.8. The van der Waals surface area contributed by atoms with Crippen molar-refractivity contribution in [2.24, 2.45) is 0 Å². The summed E-state index contributed by atoms with van der Waals surface area (Å²) in [5, 5.41) is 16.0. The number of ether oxygens (including phenoxy) is 2. The summed E-state index contributed by atoms with van der Waals surface area (Å²) in [6.45, 7) is 4.38. The van der Waals surface area contributed by atoms with Gasteiger partial charge in [0.25, 0.3) is 5.95 Å². The van der Waals surface area contributed by atoms with Crippen molar-refractivity contribution < 1.29 is 14.3 Å². The molecule has 1 aliphatic rings. The van der Waals surface area contributed by atoms with Gasteiger partial charge < -0.3 is 14.8 Å². The molecular formula is C25H24N6O3. The topological polar surface area (TPSA) is 104 Å². The molecule has 4 aromatic rings. The number of hydrogen-bond acceptors (Lipinski definition) is 7. The fourth-order valence-electron chi connectivity index (χ4n) is 4.28. The molecule has 0 unspecified atom stereocenters. The predicted octanol–water partition coefficient (Wildman–Crippen LogP) is 3.91. The molecule has 1 N–H and O–H groups in total. The van der Waals surface area contributed by atoms with Gasteiger partial charge in [-0.25, -0.2) is 4.98 Å². The van der Waals surface area contributed by atoms with E-state index in [1.165, 1.54) is 0 Å². The molecule has 0 bridgehead atoms. The maximum atomic E-state index is 12.8. The number of benzene rings is 2. The van der Waals surface area contributed by atoms with E-state index in [-0.39, 0.29) is 17.8 Å². The predicted molar refractivity (Wildman–Crippen MR) is 126 cm³/mol. The number of methoxy groups -OCH3 is 1. The van der Waals surface area contributed by atoms with Crippen molar-refractivity contribution >= 4 is 11.7 Å². The first kappa shape index (κ1) is 21.6. The van der Waals surface area contributed by atoms with E-state index >= 15 is 0 Å². The second-order valence-electron chi connectivity index (χ2n) is 7.92. The molecule has 34 heavy (non-hydrogen) atoms. The van der Waals surface area contributed by atoms with E-state index in [9.17, 15) is 4.79 Å². The minimum absolute atomic E-state index is 0.112. The summed E-state index contributed by atoms with van der Waals surface area (Å²) in [6, 6.07) is 15.5. The van der Waals surface area contributed by atoms with E-state index in [2.05, 4.69) is 25.6 Å². The van der Waals surface area contributed by atoms with Crippen LogP contribution in [0, 0.1) is 6.92 Å². The molecular weight excluding hydrogens is 432 g/mol. The molecule has 0 radical (unpaired) electrons. The number of anilines is 1. The van der Waals surface area contributed by atoms with Gasteiger partial charge in [0, 0.05) is 23.5 Å². The van der Waals surface area contributed by atoms with E-state index in [1.54, 1.807) is 18.0 Å². The quantitative estimate of drug-likeness (QED) is 0.469. The molecule has 5 rings (SSSR count). The highest BCUT2D eigenvalue weighted by atomic mass is 16.5. The van der Waals surface area contributed by atoms with Gasteiger partial charge in [-0.05, 0) is 31.5 Å². The minimum atomic E-state index is -0.202. The first-order chi connectivity index (χ1) is 16.6. The third kappa shape index (κ3) is 3.85. The van der Waals surface area contributed by atoms with Crippen molar-refractivity contribution in [2.45, 2.75) is 26.2 Å². The Morgan fingerprint density at radius 1 is 1.15 bits per heavy atom. The molecule has 0 saturated carbocycles. The first-order valence-corrected chi connectivity index (χ1v) is 11.0. The number of carbonyl (C=O) groups excluding carboxylic acids is 1. The van der Waals surface area contributed by atoms with E-state index in [4.69, 9.17) is 9.47 Å². The van der Waals surface area contributed by atoms with E-state index in [0.717, 1.165) is 22.4 Å². The highest BCUT2D eigenvalue weighted by molar-refractivity contribution is 5.95. The van der Waals surface area contributed by atoms with Crippen molar-refractivity contribution in [3.05, 3.63) is 71.5 Å². The average Bonchev–Trinajstić information content (AvgIpc) is 3.20. The van der Waals surface area contributed by atoms with Crippen LogP contribution in [0.15, 0.2) is 54.7 Å². The number of fused-ring (bicyclic) bond motifs is 1. The van der Waals surface area contributed by atoms with E-state index in [1.807, 2.05) is 62.4 Å². The third-order valence-electron chi connectivity index (χ3n) is 5.80. The lowest BCUT2D eigenvalue weighted by atomic mass is 9.85. The summed E-state index contributed by atoms with van der Waals surface area (Å²) < 4.78 is 12.7. The van der Waals surface area contributed by atoms with Crippen molar-refractivity contribution in [2.75, 3.05) is 19.0 Å². The zero-order valence-corrected chi connectivity index (χ0v) is 19.1. The number of aryl methyl sites for hydroxylation is 1. The Hall–Kier alpha value is -4.27. The zero-order chi connectivity index (χ0) is 23.7. The average molecular weight is 457 g/mol. The van der Waals surface area contributed by atoms with Gasteiger partial charge in [-0.15, -0.1) is 5.10 Å². The summed E-state index contributed by atoms with van der Waals surface area (Å²) in [5.74, 6) is 1.82. The Kier molecular flexibility index (Phi) is 5.67. The van der Waals surface area contributed by atoms with E-state index in [0.29, 0.717) is 36.0 Å². The number of nitrogens with one attached hydrogen (secondary N) is 1. The van der Waals surface area contributed by atoms with Crippen LogP contribution in [0.2, 0.25) is 0 Å². The lowest BCUT2D eigenvalue weighted by molar-refractivity contribution is -0.116. The van der Waals surface area contributed by atoms with Crippen LogP contribution in [0.3, 0.4) is 0 Å². The smallest absolute Gasteiger partial charge is 0.272 e. The Morgan fingerprint density at radius 2 is 1.97 bits per heavy atom. The molecule has 0 aliphatic carbocycles. The van der Waals surface area contributed by atoms with Crippen LogP contribution in [0.4, 0.5) is 5.82 Å². The van der Waals surface area contributed by atoms with Crippen LogP contribution < -0.4 is 14.8 Å². The fourth-order valence-corrected chi connectivity index (χ4v) is 4.28. The van der Waals surface area contributed by atoms with Gasteiger partial charge >= 0.3 is 0 Å². The molecule has 9 nitrogen and oxygen atoms in total. The number of hydrogen-bond donors (Lipinski definition) is 1. The molecule has 172 valence electrons. The molecule has 3 heterocycles. The van der Waals surface area contributed by atoms with Gasteiger partial charge in [0.15, 0.2) is 11.5 Å².